The third kappa shape index (κ3) is 5.28. The molecule has 3 aromatic rings. The van der Waals surface area contributed by atoms with E-state index in [4.69, 9.17) is 14.2 Å². The highest BCUT2D eigenvalue weighted by atomic mass is 16.5. The van der Waals surface area contributed by atoms with Crippen LogP contribution >= 0.6 is 0 Å². The SMILES string of the molecule is COc1cc(Nc2cc(NCCc3ccccc3)nc(C)n2)cc(OC)c1OC. The van der Waals surface area contributed by atoms with E-state index >= 15 is 0 Å². The number of rotatable bonds is 9. The lowest BCUT2D eigenvalue weighted by atomic mass is 10.1. The molecule has 0 atom stereocenters. The number of hydrogen-bond donors (Lipinski definition) is 2. The molecule has 2 aromatic carbocycles. The number of hydrogen-bond acceptors (Lipinski definition) is 7. The molecular weight excluding hydrogens is 368 g/mol. The molecule has 0 saturated carbocycles. The Balaban J connectivity index is 1.74. The first-order chi connectivity index (χ1) is 14.1. The normalized spacial score (nSPS) is 10.3. The van der Waals surface area contributed by atoms with Gasteiger partial charge in [0.25, 0.3) is 0 Å². The number of ether oxygens (including phenoxy) is 3. The zero-order chi connectivity index (χ0) is 20.6. The predicted molar refractivity (Wildman–Crippen MR) is 115 cm³/mol. The monoisotopic (exact) mass is 394 g/mol. The van der Waals surface area contributed by atoms with Crippen LogP contribution in [0.3, 0.4) is 0 Å². The van der Waals surface area contributed by atoms with Crippen molar-refractivity contribution >= 4 is 17.3 Å². The van der Waals surface area contributed by atoms with Gasteiger partial charge in [-0.1, -0.05) is 30.3 Å². The summed E-state index contributed by atoms with van der Waals surface area (Å²) in [6, 6.07) is 15.9. The Hall–Kier alpha value is -3.48. The van der Waals surface area contributed by atoms with E-state index in [-0.39, 0.29) is 0 Å². The molecule has 0 amide bonds. The molecule has 0 aliphatic carbocycles. The Morgan fingerprint density at radius 3 is 2.10 bits per heavy atom. The lowest BCUT2D eigenvalue weighted by molar-refractivity contribution is 0.324. The summed E-state index contributed by atoms with van der Waals surface area (Å²) < 4.78 is 16.2. The average molecular weight is 394 g/mol. The zero-order valence-corrected chi connectivity index (χ0v) is 17.2. The fraction of sp³-hybridized carbons (Fsp3) is 0.273. The van der Waals surface area contributed by atoms with Gasteiger partial charge < -0.3 is 24.8 Å². The van der Waals surface area contributed by atoms with Crippen molar-refractivity contribution in [2.75, 3.05) is 38.5 Å². The van der Waals surface area contributed by atoms with E-state index in [1.165, 1.54) is 5.56 Å². The predicted octanol–water partition coefficient (Wildman–Crippen LogP) is 4.21. The Kier molecular flexibility index (Phi) is 6.73. The van der Waals surface area contributed by atoms with Crippen LogP contribution in [-0.4, -0.2) is 37.8 Å². The Morgan fingerprint density at radius 1 is 0.828 bits per heavy atom. The standard InChI is InChI=1S/C22H26N4O3/c1-15-24-20(23-11-10-16-8-6-5-7-9-16)14-21(25-15)26-17-12-18(27-2)22(29-4)19(13-17)28-3/h5-9,12-14H,10-11H2,1-4H3,(H2,23,24,25,26). The largest absolute Gasteiger partial charge is 0.493 e. The second kappa shape index (κ2) is 9.64. The third-order valence-electron chi connectivity index (χ3n) is 4.34. The van der Waals surface area contributed by atoms with E-state index in [1.54, 1.807) is 21.3 Å². The van der Waals surface area contributed by atoms with Crippen molar-refractivity contribution in [2.45, 2.75) is 13.3 Å². The van der Waals surface area contributed by atoms with Gasteiger partial charge in [0.2, 0.25) is 5.75 Å². The van der Waals surface area contributed by atoms with Gasteiger partial charge in [-0.2, -0.15) is 0 Å². The lowest BCUT2D eigenvalue weighted by Gasteiger charge is -2.15. The first-order valence-electron chi connectivity index (χ1n) is 9.33. The topological polar surface area (TPSA) is 77.5 Å². The summed E-state index contributed by atoms with van der Waals surface area (Å²) in [4.78, 5) is 8.94. The number of methoxy groups -OCH3 is 3. The molecule has 0 unspecified atom stereocenters. The molecule has 0 radical (unpaired) electrons. The summed E-state index contributed by atoms with van der Waals surface area (Å²) in [7, 11) is 4.75. The van der Waals surface area contributed by atoms with Crippen LogP contribution in [0, 0.1) is 6.92 Å². The molecule has 1 aromatic heterocycles. The number of anilines is 3. The van der Waals surface area contributed by atoms with Crippen LogP contribution in [0.5, 0.6) is 17.2 Å². The molecular formula is C22H26N4O3. The van der Waals surface area contributed by atoms with Crippen LogP contribution in [0.4, 0.5) is 17.3 Å². The van der Waals surface area contributed by atoms with Gasteiger partial charge in [-0.15, -0.1) is 0 Å². The number of aryl methyl sites for hydroxylation is 1. The van der Waals surface area contributed by atoms with Crippen molar-refractivity contribution < 1.29 is 14.2 Å². The minimum Gasteiger partial charge on any atom is -0.493 e. The van der Waals surface area contributed by atoms with E-state index in [1.807, 2.05) is 43.3 Å². The fourth-order valence-corrected chi connectivity index (χ4v) is 3.00. The smallest absolute Gasteiger partial charge is 0.203 e. The molecule has 29 heavy (non-hydrogen) atoms. The molecule has 0 bridgehead atoms. The molecule has 1 heterocycles. The Labute approximate surface area is 171 Å². The molecule has 152 valence electrons. The molecule has 7 heteroatoms. The van der Waals surface area contributed by atoms with Crippen LogP contribution in [0.15, 0.2) is 48.5 Å². The number of nitrogens with one attached hydrogen (secondary N) is 2. The maximum absolute atomic E-state index is 5.41. The highest BCUT2D eigenvalue weighted by Crippen LogP contribution is 2.40. The first kappa shape index (κ1) is 20.3. The molecule has 2 N–H and O–H groups in total. The third-order valence-corrected chi connectivity index (χ3v) is 4.34. The maximum Gasteiger partial charge on any atom is 0.203 e. The number of nitrogens with zero attached hydrogens (tertiary/aromatic N) is 2. The average Bonchev–Trinajstić information content (AvgIpc) is 2.73. The van der Waals surface area contributed by atoms with E-state index in [9.17, 15) is 0 Å². The van der Waals surface area contributed by atoms with Crippen molar-refractivity contribution in [3.05, 3.63) is 59.9 Å². The quantitative estimate of drug-likeness (QED) is 0.563. The molecule has 3 rings (SSSR count). The van der Waals surface area contributed by atoms with Gasteiger partial charge in [-0.25, -0.2) is 9.97 Å². The van der Waals surface area contributed by atoms with Gasteiger partial charge in [0.05, 0.1) is 21.3 Å². The second-order valence-electron chi connectivity index (χ2n) is 6.39. The van der Waals surface area contributed by atoms with Gasteiger partial charge in [-0.05, 0) is 18.9 Å². The highest BCUT2D eigenvalue weighted by Gasteiger charge is 2.14. The minimum atomic E-state index is 0.544. The first-order valence-corrected chi connectivity index (χ1v) is 9.33. The van der Waals surface area contributed by atoms with Crippen LogP contribution < -0.4 is 24.8 Å². The lowest BCUT2D eigenvalue weighted by Crippen LogP contribution is -2.08. The number of benzene rings is 2. The van der Waals surface area contributed by atoms with Crippen molar-refractivity contribution in [3.8, 4) is 17.2 Å². The zero-order valence-electron chi connectivity index (χ0n) is 17.2. The molecule has 0 spiro atoms. The van der Waals surface area contributed by atoms with Crippen molar-refractivity contribution in [1.82, 2.24) is 9.97 Å². The van der Waals surface area contributed by atoms with Crippen LogP contribution in [0.2, 0.25) is 0 Å². The maximum atomic E-state index is 5.41. The molecule has 7 nitrogen and oxygen atoms in total. The van der Waals surface area contributed by atoms with Crippen molar-refractivity contribution in [3.63, 3.8) is 0 Å². The van der Waals surface area contributed by atoms with Crippen LogP contribution in [-0.2, 0) is 6.42 Å². The minimum absolute atomic E-state index is 0.544. The summed E-state index contributed by atoms with van der Waals surface area (Å²) >= 11 is 0. The van der Waals surface area contributed by atoms with Gasteiger partial charge in [0.15, 0.2) is 11.5 Å². The van der Waals surface area contributed by atoms with Gasteiger partial charge in [-0.3, -0.25) is 0 Å². The Bertz CT molecular complexity index is 923. The number of aromatic nitrogens is 2. The summed E-state index contributed by atoms with van der Waals surface area (Å²) in [5, 5.41) is 6.65. The fourth-order valence-electron chi connectivity index (χ4n) is 3.00. The summed E-state index contributed by atoms with van der Waals surface area (Å²) in [5.41, 5.74) is 2.05. The molecule has 0 fully saturated rings. The van der Waals surface area contributed by atoms with E-state index in [0.717, 1.165) is 24.5 Å². The van der Waals surface area contributed by atoms with Crippen molar-refractivity contribution in [1.29, 1.82) is 0 Å². The van der Waals surface area contributed by atoms with Gasteiger partial charge in [0.1, 0.15) is 17.5 Å². The second-order valence-corrected chi connectivity index (χ2v) is 6.39. The van der Waals surface area contributed by atoms with Crippen LogP contribution in [0.25, 0.3) is 0 Å². The van der Waals surface area contributed by atoms with E-state index < -0.39 is 0 Å². The summed E-state index contributed by atoms with van der Waals surface area (Å²) in [6.45, 7) is 2.65. The van der Waals surface area contributed by atoms with Crippen LogP contribution in [0.1, 0.15) is 11.4 Å². The van der Waals surface area contributed by atoms with Gasteiger partial charge >= 0.3 is 0 Å². The Morgan fingerprint density at radius 2 is 1.48 bits per heavy atom. The molecule has 0 aliphatic heterocycles. The van der Waals surface area contributed by atoms with E-state index in [2.05, 4.69) is 32.7 Å². The summed E-state index contributed by atoms with van der Waals surface area (Å²) in [6.07, 6.45) is 0.916. The molecule has 0 aliphatic rings. The van der Waals surface area contributed by atoms with Gasteiger partial charge in [0, 0.05) is 30.4 Å². The van der Waals surface area contributed by atoms with E-state index in [0.29, 0.717) is 28.9 Å². The summed E-state index contributed by atoms with van der Waals surface area (Å²) in [5.74, 6) is 3.80. The van der Waals surface area contributed by atoms with Crippen molar-refractivity contribution in [2.24, 2.45) is 0 Å². The highest BCUT2D eigenvalue weighted by molar-refractivity contribution is 5.67. The molecule has 0 saturated heterocycles.